The van der Waals surface area contributed by atoms with Crippen molar-refractivity contribution in [3.05, 3.63) is 70.3 Å². The van der Waals surface area contributed by atoms with E-state index in [1.54, 1.807) is 12.1 Å². The molecule has 2 nitrogen and oxygen atoms in total. The molecule has 2 aromatic rings. The molecule has 1 heterocycles. The Bertz CT molecular complexity index is 556. The van der Waals surface area contributed by atoms with E-state index < -0.39 is 5.63 Å². The van der Waals surface area contributed by atoms with Gasteiger partial charge in [-0.05, 0) is 24.3 Å². The monoisotopic (exact) mass is 196 g/mol. The second-order valence-corrected chi connectivity index (χ2v) is 2.93. The maximum atomic E-state index is 11.2. The van der Waals surface area contributed by atoms with Crippen LogP contribution in [0.25, 0.3) is 0 Å². The molecule has 0 saturated carbocycles. The topological polar surface area (TPSA) is 30.2 Å². The zero-order valence-electron chi connectivity index (χ0n) is 7.94. The van der Waals surface area contributed by atoms with E-state index >= 15 is 0 Å². The predicted octanol–water partition coefficient (Wildman–Crippen LogP) is 2.04. The Labute approximate surface area is 87.2 Å². The Kier molecular flexibility index (Phi) is 2.66. The zero-order chi connectivity index (χ0) is 10.5. The molecule has 1 aromatic heterocycles. The van der Waals surface area contributed by atoms with Crippen molar-refractivity contribution in [1.82, 2.24) is 0 Å². The summed E-state index contributed by atoms with van der Waals surface area (Å²) in [6.07, 6.45) is 1.34. The lowest BCUT2D eigenvalue weighted by Gasteiger charge is -1.87. The minimum absolute atomic E-state index is 0.376. The van der Waals surface area contributed by atoms with Gasteiger partial charge < -0.3 is 4.42 Å². The fraction of sp³-hybridized carbons (Fsp3) is 0. The summed E-state index contributed by atoms with van der Waals surface area (Å²) in [4.78, 5) is 11.2. The average molecular weight is 196 g/mol. The number of benzene rings is 1. The molecule has 0 bridgehead atoms. The van der Waals surface area contributed by atoms with Gasteiger partial charge in [0.1, 0.15) is 5.56 Å². The Morgan fingerprint density at radius 1 is 0.933 bits per heavy atom. The van der Waals surface area contributed by atoms with Crippen LogP contribution in [0.2, 0.25) is 0 Å². The molecule has 0 spiro atoms. The molecule has 0 unspecified atom stereocenters. The van der Waals surface area contributed by atoms with E-state index in [9.17, 15) is 4.79 Å². The van der Waals surface area contributed by atoms with Crippen molar-refractivity contribution in [2.45, 2.75) is 0 Å². The van der Waals surface area contributed by atoms with Crippen LogP contribution in [0.5, 0.6) is 0 Å². The maximum absolute atomic E-state index is 11.2. The van der Waals surface area contributed by atoms with Crippen LogP contribution >= 0.6 is 0 Å². The van der Waals surface area contributed by atoms with Crippen molar-refractivity contribution >= 4 is 0 Å². The minimum atomic E-state index is -0.402. The molecule has 2 heteroatoms. The second kappa shape index (κ2) is 4.30. The molecule has 2 rings (SSSR count). The normalized spacial score (nSPS) is 9.07. The molecule has 72 valence electrons. The summed E-state index contributed by atoms with van der Waals surface area (Å²) in [6.45, 7) is 0. The summed E-state index contributed by atoms with van der Waals surface area (Å²) in [5, 5.41) is 0. The fourth-order valence-electron chi connectivity index (χ4n) is 1.12. The smallest absolute Gasteiger partial charge is 0.351 e. The van der Waals surface area contributed by atoms with Crippen LogP contribution in [-0.2, 0) is 0 Å². The molecular formula is C13H8O2. The molecule has 15 heavy (non-hydrogen) atoms. The van der Waals surface area contributed by atoms with Gasteiger partial charge in [-0.3, -0.25) is 0 Å². The standard InChI is InChI=1S/C13H8O2/c14-13-12(7-4-10-15-13)9-8-11-5-2-1-3-6-11/h1-7,10H. The lowest BCUT2D eigenvalue weighted by Crippen LogP contribution is -2.01. The largest absolute Gasteiger partial charge is 0.430 e. The summed E-state index contributed by atoms with van der Waals surface area (Å²) >= 11 is 0. The number of hydrogen-bond acceptors (Lipinski definition) is 2. The van der Waals surface area contributed by atoms with E-state index in [1.165, 1.54) is 6.26 Å². The van der Waals surface area contributed by atoms with Crippen molar-refractivity contribution in [3.8, 4) is 11.8 Å². The van der Waals surface area contributed by atoms with Crippen LogP contribution in [0.4, 0.5) is 0 Å². The third kappa shape index (κ3) is 2.35. The molecule has 0 saturated heterocycles. The first kappa shape index (κ1) is 9.29. The van der Waals surface area contributed by atoms with E-state index in [1.807, 2.05) is 30.3 Å². The van der Waals surface area contributed by atoms with E-state index in [4.69, 9.17) is 0 Å². The van der Waals surface area contributed by atoms with E-state index in [0.717, 1.165) is 5.56 Å². The summed E-state index contributed by atoms with van der Waals surface area (Å²) in [5.41, 5.74) is 0.850. The molecule has 0 aliphatic heterocycles. The first-order valence-corrected chi connectivity index (χ1v) is 4.51. The van der Waals surface area contributed by atoms with Gasteiger partial charge >= 0.3 is 5.63 Å². The third-order valence-electron chi connectivity index (χ3n) is 1.85. The van der Waals surface area contributed by atoms with Crippen LogP contribution < -0.4 is 5.63 Å². The van der Waals surface area contributed by atoms with Crippen LogP contribution in [0.15, 0.2) is 57.9 Å². The highest BCUT2D eigenvalue weighted by molar-refractivity contribution is 5.40. The quantitative estimate of drug-likeness (QED) is 0.603. The minimum Gasteiger partial charge on any atom is -0.430 e. The molecule has 0 atom stereocenters. The third-order valence-corrected chi connectivity index (χ3v) is 1.85. The van der Waals surface area contributed by atoms with Crippen molar-refractivity contribution < 1.29 is 4.42 Å². The van der Waals surface area contributed by atoms with Gasteiger partial charge in [-0.2, -0.15) is 0 Å². The molecule has 1 aromatic carbocycles. The highest BCUT2D eigenvalue weighted by atomic mass is 16.4. The van der Waals surface area contributed by atoms with E-state index in [2.05, 4.69) is 16.3 Å². The van der Waals surface area contributed by atoms with Crippen LogP contribution in [0.1, 0.15) is 11.1 Å². The van der Waals surface area contributed by atoms with Crippen molar-refractivity contribution in [1.29, 1.82) is 0 Å². The summed E-state index contributed by atoms with van der Waals surface area (Å²) in [7, 11) is 0. The van der Waals surface area contributed by atoms with Gasteiger partial charge in [-0.15, -0.1) is 0 Å². The molecule has 0 N–H and O–H groups in total. The lowest BCUT2D eigenvalue weighted by atomic mass is 10.2. The van der Waals surface area contributed by atoms with Crippen molar-refractivity contribution in [2.75, 3.05) is 0 Å². The first-order chi connectivity index (χ1) is 7.36. The van der Waals surface area contributed by atoms with Gasteiger partial charge in [0.25, 0.3) is 0 Å². The van der Waals surface area contributed by atoms with Gasteiger partial charge in [-0.1, -0.05) is 30.0 Å². The molecule has 0 aliphatic carbocycles. The van der Waals surface area contributed by atoms with Gasteiger partial charge in [0.05, 0.1) is 6.26 Å². The van der Waals surface area contributed by atoms with Crippen LogP contribution in [-0.4, -0.2) is 0 Å². The Morgan fingerprint density at radius 3 is 2.47 bits per heavy atom. The zero-order valence-corrected chi connectivity index (χ0v) is 7.94. The van der Waals surface area contributed by atoms with Crippen molar-refractivity contribution in [3.63, 3.8) is 0 Å². The molecular weight excluding hydrogens is 188 g/mol. The summed E-state index contributed by atoms with van der Waals surface area (Å²) in [5.74, 6) is 5.66. The molecule has 0 radical (unpaired) electrons. The van der Waals surface area contributed by atoms with Crippen LogP contribution in [0.3, 0.4) is 0 Å². The first-order valence-electron chi connectivity index (χ1n) is 4.51. The fourth-order valence-corrected chi connectivity index (χ4v) is 1.12. The van der Waals surface area contributed by atoms with E-state index in [-0.39, 0.29) is 0 Å². The maximum Gasteiger partial charge on any atom is 0.351 e. The summed E-state index contributed by atoms with van der Waals surface area (Å²) in [6, 6.07) is 12.8. The van der Waals surface area contributed by atoms with Gasteiger partial charge in [0.15, 0.2) is 0 Å². The van der Waals surface area contributed by atoms with Gasteiger partial charge in [0.2, 0.25) is 0 Å². The SMILES string of the molecule is O=c1occcc1C#Cc1ccccc1. The van der Waals surface area contributed by atoms with E-state index in [0.29, 0.717) is 5.56 Å². The van der Waals surface area contributed by atoms with Crippen molar-refractivity contribution in [2.24, 2.45) is 0 Å². The highest BCUT2D eigenvalue weighted by Gasteiger charge is 1.93. The Morgan fingerprint density at radius 2 is 1.73 bits per heavy atom. The molecule has 0 amide bonds. The molecule has 0 aliphatic rings. The Balaban J connectivity index is 2.35. The van der Waals surface area contributed by atoms with Crippen LogP contribution in [0, 0.1) is 11.8 Å². The molecule has 0 fully saturated rings. The summed E-state index contributed by atoms with van der Waals surface area (Å²) < 4.78 is 4.69. The number of hydrogen-bond donors (Lipinski definition) is 0. The average Bonchev–Trinajstić information content (AvgIpc) is 2.29. The predicted molar refractivity (Wildman–Crippen MR) is 57.4 cm³/mol. The number of rotatable bonds is 0. The second-order valence-electron chi connectivity index (χ2n) is 2.93. The van der Waals surface area contributed by atoms with Gasteiger partial charge in [-0.25, -0.2) is 4.79 Å². The lowest BCUT2D eigenvalue weighted by molar-refractivity contribution is 0.508. The highest BCUT2D eigenvalue weighted by Crippen LogP contribution is 1.96. The Hall–Kier alpha value is -2.27. The van der Waals surface area contributed by atoms with Gasteiger partial charge in [0, 0.05) is 5.56 Å².